The van der Waals surface area contributed by atoms with Gasteiger partial charge < -0.3 is 19.6 Å². The first-order valence-electron chi connectivity index (χ1n) is 12.3. The van der Waals surface area contributed by atoms with Gasteiger partial charge in [0.2, 0.25) is 10.0 Å². The van der Waals surface area contributed by atoms with Gasteiger partial charge in [-0.3, -0.25) is 14.4 Å². The second-order valence-electron chi connectivity index (χ2n) is 10.0. The Morgan fingerprint density at radius 3 is 2.10 bits per heavy atom. The number of carbonyl (C=O) groups excluding carboxylic acids is 2. The van der Waals surface area contributed by atoms with Crippen molar-refractivity contribution < 1.29 is 37.1 Å². The first-order valence-corrected chi connectivity index (χ1v) is 13.8. The summed E-state index contributed by atoms with van der Waals surface area (Å²) in [5.74, 6) is -2.54. The van der Waals surface area contributed by atoms with Crippen molar-refractivity contribution >= 4 is 44.5 Å². The number of esters is 1. The number of ether oxygens (including phenoxy) is 1. The molecule has 0 aliphatic rings. The van der Waals surface area contributed by atoms with Gasteiger partial charge in [0.05, 0.1) is 11.3 Å². The highest BCUT2D eigenvalue weighted by molar-refractivity contribution is 7.89. The summed E-state index contributed by atoms with van der Waals surface area (Å²) in [6.07, 6.45) is -0.664. The number of amides is 1. The van der Waals surface area contributed by atoms with Gasteiger partial charge in [0.25, 0.3) is 5.91 Å². The number of carbonyl (C=O) groups is 3. The van der Waals surface area contributed by atoms with Crippen LogP contribution < -0.4 is 10.0 Å². The molecule has 0 fully saturated rings. The highest BCUT2D eigenvalue weighted by Crippen LogP contribution is 2.25. The minimum absolute atomic E-state index is 0.165. The first-order chi connectivity index (χ1) is 18.8. The maximum absolute atomic E-state index is 12.8. The van der Waals surface area contributed by atoms with Gasteiger partial charge in [-0.05, 0) is 68.3 Å². The fourth-order valence-electron chi connectivity index (χ4n) is 3.84. The quantitative estimate of drug-likeness (QED) is 0.245. The molecule has 3 aromatic carbocycles. The second kappa shape index (κ2) is 11.3. The van der Waals surface area contributed by atoms with Crippen LogP contribution in [0.4, 0.5) is 5.69 Å². The molecule has 40 heavy (non-hydrogen) atoms. The minimum atomic E-state index is -4.24. The Kier molecular flexibility index (Phi) is 8.08. The van der Waals surface area contributed by atoms with E-state index in [4.69, 9.17) is 9.15 Å². The molecule has 0 aliphatic carbocycles. The van der Waals surface area contributed by atoms with Crippen molar-refractivity contribution in [3.63, 3.8) is 0 Å². The van der Waals surface area contributed by atoms with Gasteiger partial charge in [-0.1, -0.05) is 42.5 Å². The molecule has 0 spiro atoms. The summed E-state index contributed by atoms with van der Waals surface area (Å²) < 4.78 is 38.4. The molecule has 4 rings (SSSR count). The van der Waals surface area contributed by atoms with Crippen LogP contribution in [-0.4, -0.2) is 43.0 Å². The van der Waals surface area contributed by atoms with Crippen LogP contribution in [0, 0.1) is 0 Å². The molecule has 0 unspecified atom stereocenters. The molecule has 0 radical (unpaired) electrons. The number of sulfonamides is 1. The van der Waals surface area contributed by atoms with Gasteiger partial charge in [0.1, 0.15) is 17.2 Å². The maximum atomic E-state index is 12.8. The molecule has 4 aromatic rings. The van der Waals surface area contributed by atoms with Crippen LogP contribution in [0.5, 0.6) is 0 Å². The van der Waals surface area contributed by atoms with Crippen molar-refractivity contribution in [2.24, 2.45) is 0 Å². The molecular weight excluding hydrogens is 536 g/mol. The minimum Gasteiger partial charge on any atom is -0.480 e. The predicted octanol–water partition coefficient (Wildman–Crippen LogP) is 4.82. The van der Waals surface area contributed by atoms with E-state index < -0.39 is 45.9 Å². The number of nitrogens with one attached hydrogen (secondary N) is 2. The number of carboxylic acids is 1. The van der Waals surface area contributed by atoms with E-state index in [1.54, 1.807) is 69.3 Å². The Balaban J connectivity index is 1.41. The summed E-state index contributed by atoms with van der Waals surface area (Å²) in [6.45, 7) is 4.87. The van der Waals surface area contributed by atoms with Gasteiger partial charge in [-0.25, -0.2) is 8.42 Å². The average molecular weight is 565 g/mol. The molecule has 0 bridgehead atoms. The van der Waals surface area contributed by atoms with Crippen LogP contribution in [0.25, 0.3) is 22.1 Å². The van der Waals surface area contributed by atoms with Crippen LogP contribution in [0.2, 0.25) is 0 Å². The molecule has 1 amide bonds. The largest absolute Gasteiger partial charge is 0.480 e. The van der Waals surface area contributed by atoms with E-state index in [2.05, 4.69) is 10.0 Å². The van der Waals surface area contributed by atoms with Crippen molar-refractivity contribution in [3.8, 4) is 11.1 Å². The zero-order valence-corrected chi connectivity index (χ0v) is 22.8. The van der Waals surface area contributed by atoms with Crippen LogP contribution in [0.1, 0.15) is 37.7 Å². The topological polar surface area (TPSA) is 152 Å². The van der Waals surface area contributed by atoms with Crippen LogP contribution in [0.3, 0.4) is 0 Å². The van der Waals surface area contributed by atoms with E-state index in [0.717, 1.165) is 10.9 Å². The van der Waals surface area contributed by atoms with E-state index in [1.165, 1.54) is 12.1 Å². The summed E-state index contributed by atoms with van der Waals surface area (Å²) in [5.41, 5.74) is 1.77. The molecule has 208 valence electrons. The number of para-hydroxylation sites is 1. The Labute approximate surface area is 231 Å². The highest BCUT2D eigenvalue weighted by Gasteiger charge is 2.30. The number of carboxylic acid groups (broad SMARTS) is 1. The predicted molar refractivity (Wildman–Crippen MR) is 148 cm³/mol. The van der Waals surface area contributed by atoms with Gasteiger partial charge in [0.15, 0.2) is 5.76 Å². The first kappa shape index (κ1) is 28.5. The number of fused-ring (bicyclic) bond motifs is 1. The fraction of sp³-hybridized carbons (Fsp3) is 0.207. The molecular formula is C29H28N2O8S. The van der Waals surface area contributed by atoms with Crippen LogP contribution >= 0.6 is 0 Å². The lowest BCUT2D eigenvalue weighted by Gasteiger charge is -2.21. The number of furan rings is 1. The third kappa shape index (κ3) is 7.13. The highest BCUT2D eigenvalue weighted by atomic mass is 32.2. The maximum Gasteiger partial charge on any atom is 0.322 e. The number of aliphatic carboxylic acids is 1. The lowest BCUT2D eigenvalue weighted by Crippen LogP contribution is -2.43. The summed E-state index contributed by atoms with van der Waals surface area (Å²) in [7, 11) is -4.24. The number of hydrogen-bond donors (Lipinski definition) is 3. The summed E-state index contributed by atoms with van der Waals surface area (Å²) in [4.78, 5) is 36.1. The number of rotatable bonds is 9. The molecule has 0 saturated carbocycles. The Bertz CT molecular complexity index is 1620. The van der Waals surface area contributed by atoms with E-state index >= 15 is 0 Å². The molecule has 3 N–H and O–H groups in total. The Hall–Kier alpha value is -4.48. The van der Waals surface area contributed by atoms with E-state index in [0.29, 0.717) is 16.8 Å². The molecule has 1 aromatic heterocycles. The van der Waals surface area contributed by atoms with Gasteiger partial charge in [0, 0.05) is 11.1 Å². The molecule has 1 atom stereocenters. The van der Waals surface area contributed by atoms with Crippen molar-refractivity contribution in [3.05, 3.63) is 84.6 Å². The van der Waals surface area contributed by atoms with Gasteiger partial charge in [-0.2, -0.15) is 4.72 Å². The van der Waals surface area contributed by atoms with Crippen LogP contribution in [0.15, 0.2) is 88.2 Å². The SMILES string of the molecule is CC(C)(C)OC(=O)C[C@H](NS(=O)(=O)c1ccc(-c2ccc(NC(=O)c3cc4ccccc4o3)cc2)cc1)C(=O)O. The third-order valence-corrected chi connectivity index (χ3v) is 7.16. The molecule has 1 heterocycles. The van der Waals surface area contributed by atoms with Gasteiger partial charge >= 0.3 is 11.9 Å². The summed E-state index contributed by atoms with van der Waals surface area (Å²) >= 11 is 0. The molecule has 0 saturated heterocycles. The Morgan fingerprint density at radius 2 is 1.52 bits per heavy atom. The standard InChI is InChI=1S/C29H28N2O8S/c1-29(2,3)39-26(32)17-23(28(34)35)31-40(36,37)22-14-10-19(11-15-22)18-8-12-21(13-9-18)30-27(33)25-16-20-6-4-5-7-24(20)38-25/h4-16,23,31H,17H2,1-3H3,(H,30,33)(H,34,35)/t23-/m0/s1. The smallest absolute Gasteiger partial charge is 0.322 e. The van der Waals surface area contributed by atoms with E-state index in [-0.39, 0.29) is 10.7 Å². The zero-order valence-electron chi connectivity index (χ0n) is 22.0. The average Bonchev–Trinajstić information content (AvgIpc) is 3.32. The Morgan fingerprint density at radius 1 is 0.925 bits per heavy atom. The monoisotopic (exact) mass is 564 g/mol. The van der Waals surface area contributed by atoms with Crippen molar-refractivity contribution in [2.45, 2.75) is 43.7 Å². The second-order valence-corrected chi connectivity index (χ2v) is 11.7. The lowest BCUT2D eigenvalue weighted by atomic mass is 10.1. The number of benzene rings is 3. The van der Waals surface area contributed by atoms with Crippen molar-refractivity contribution in [1.82, 2.24) is 4.72 Å². The molecule has 0 aliphatic heterocycles. The van der Waals surface area contributed by atoms with E-state index in [9.17, 15) is 27.9 Å². The number of anilines is 1. The molecule has 11 heteroatoms. The van der Waals surface area contributed by atoms with E-state index in [1.807, 2.05) is 18.2 Å². The summed E-state index contributed by atoms with van der Waals surface area (Å²) in [6, 6.07) is 20.0. The van der Waals surface area contributed by atoms with Crippen molar-refractivity contribution in [2.75, 3.05) is 5.32 Å². The third-order valence-electron chi connectivity index (χ3n) is 5.68. The van der Waals surface area contributed by atoms with Crippen molar-refractivity contribution in [1.29, 1.82) is 0 Å². The lowest BCUT2D eigenvalue weighted by molar-refractivity contribution is -0.158. The fourth-order valence-corrected chi connectivity index (χ4v) is 5.03. The van der Waals surface area contributed by atoms with Crippen LogP contribution in [-0.2, 0) is 24.3 Å². The summed E-state index contributed by atoms with van der Waals surface area (Å²) in [5, 5.41) is 13.0. The molecule has 10 nitrogen and oxygen atoms in total. The number of hydrogen-bond acceptors (Lipinski definition) is 7. The van der Waals surface area contributed by atoms with Gasteiger partial charge in [-0.15, -0.1) is 0 Å². The normalized spacial score (nSPS) is 12.6. The zero-order chi connectivity index (χ0) is 29.1.